The Balaban J connectivity index is 1.96. The van der Waals surface area contributed by atoms with E-state index in [4.69, 9.17) is 15.2 Å². The number of aliphatic hydroxyl groups is 2. The highest BCUT2D eigenvalue weighted by Crippen LogP contribution is 2.42. The van der Waals surface area contributed by atoms with E-state index in [1.54, 1.807) is 30.3 Å². The fourth-order valence-corrected chi connectivity index (χ4v) is 5.69. The van der Waals surface area contributed by atoms with Gasteiger partial charge in [0.1, 0.15) is 5.82 Å². The van der Waals surface area contributed by atoms with Gasteiger partial charge in [-0.15, -0.1) is 0 Å². The van der Waals surface area contributed by atoms with Crippen LogP contribution in [0.3, 0.4) is 0 Å². The molecule has 4 rings (SSSR count). The molecule has 3 aromatic rings. The van der Waals surface area contributed by atoms with E-state index < -0.39 is 40.4 Å². The highest BCUT2D eigenvalue weighted by molar-refractivity contribution is 7.89. The number of hydrogen-bond acceptors (Lipinski definition) is 6. The van der Waals surface area contributed by atoms with E-state index in [0.717, 1.165) is 28.7 Å². The molecule has 0 radical (unpaired) electrons. The van der Waals surface area contributed by atoms with Crippen molar-refractivity contribution in [1.82, 2.24) is 4.98 Å². The SMILES string of the molecule is CC(C)c1nc2c(c(-c3ccc(F)cc3)c1/C=C/[C@@H](O)C[C@@H](O)CC(=O)O)CCCc1ccc(S(N)(=O)=O)cc1-2. The van der Waals surface area contributed by atoms with Gasteiger partial charge in [-0.2, -0.15) is 0 Å². The van der Waals surface area contributed by atoms with Gasteiger partial charge in [-0.05, 0) is 71.7 Å². The summed E-state index contributed by atoms with van der Waals surface area (Å²) in [4.78, 5) is 15.9. The van der Waals surface area contributed by atoms with E-state index in [1.807, 2.05) is 13.8 Å². The molecular formula is C30H33FN2O6S. The van der Waals surface area contributed by atoms with Crippen molar-refractivity contribution in [1.29, 1.82) is 0 Å². The molecule has 5 N–H and O–H groups in total. The minimum atomic E-state index is -3.95. The summed E-state index contributed by atoms with van der Waals surface area (Å²) in [7, 11) is -3.95. The average molecular weight is 569 g/mol. The minimum absolute atomic E-state index is 0.0117. The monoisotopic (exact) mass is 568 g/mol. The number of halogens is 1. The van der Waals surface area contributed by atoms with Crippen LogP contribution in [-0.4, -0.2) is 46.9 Å². The first kappa shape index (κ1) is 29.5. The predicted octanol–water partition coefficient (Wildman–Crippen LogP) is 4.41. The van der Waals surface area contributed by atoms with E-state index >= 15 is 0 Å². The first-order valence-corrected chi connectivity index (χ1v) is 14.6. The van der Waals surface area contributed by atoms with Crippen LogP contribution in [0.5, 0.6) is 0 Å². The minimum Gasteiger partial charge on any atom is -0.481 e. The third-order valence-corrected chi connectivity index (χ3v) is 7.90. The van der Waals surface area contributed by atoms with Gasteiger partial charge in [0.2, 0.25) is 10.0 Å². The lowest BCUT2D eigenvalue weighted by molar-refractivity contribution is -0.139. The molecule has 0 fully saturated rings. The Bertz CT molecular complexity index is 1550. The molecule has 0 spiro atoms. The number of sulfonamides is 1. The van der Waals surface area contributed by atoms with Crippen molar-refractivity contribution in [3.63, 3.8) is 0 Å². The number of pyridine rings is 1. The number of rotatable bonds is 9. The number of aliphatic hydroxyl groups excluding tert-OH is 2. The number of hydrogen-bond donors (Lipinski definition) is 4. The molecule has 0 aliphatic heterocycles. The van der Waals surface area contributed by atoms with Gasteiger partial charge in [-0.1, -0.05) is 44.2 Å². The van der Waals surface area contributed by atoms with Crippen molar-refractivity contribution >= 4 is 22.1 Å². The summed E-state index contributed by atoms with van der Waals surface area (Å²) in [5.74, 6) is -1.65. The first-order valence-electron chi connectivity index (χ1n) is 13.1. The molecule has 1 aromatic heterocycles. The summed E-state index contributed by atoms with van der Waals surface area (Å²) in [5, 5.41) is 34.9. The van der Waals surface area contributed by atoms with Crippen molar-refractivity contribution < 1.29 is 32.9 Å². The lowest BCUT2D eigenvalue weighted by Crippen LogP contribution is -2.19. The predicted molar refractivity (Wildman–Crippen MR) is 150 cm³/mol. The van der Waals surface area contributed by atoms with Gasteiger partial charge in [0.05, 0.1) is 34.9 Å². The normalized spacial score (nSPS) is 15.0. The number of fused-ring (bicyclic) bond motifs is 3. The Kier molecular flexibility index (Phi) is 8.84. The molecule has 2 aromatic carbocycles. The van der Waals surface area contributed by atoms with E-state index in [-0.39, 0.29) is 17.2 Å². The van der Waals surface area contributed by atoms with Crippen molar-refractivity contribution in [2.45, 2.75) is 69.0 Å². The summed E-state index contributed by atoms with van der Waals surface area (Å²) in [6.45, 7) is 3.93. The maximum Gasteiger partial charge on any atom is 0.305 e. The van der Waals surface area contributed by atoms with Gasteiger partial charge in [0.15, 0.2) is 0 Å². The van der Waals surface area contributed by atoms with Crippen LogP contribution < -0.4 is 5.14 Å². The van der Waals surface area contributed by atoms with Crippen LogP contribution in [0.2, 0.25) is 0 Å². The Labute approximate surface area is 233 Å². The largest absolute Gasteiger partial charge is 0.481 e. The van der Waals surface area contributed by atoms with Crippen LogP contribution in [0.25, 0.3) is 28.5 Å². The van der Waals surface area contributed by atoms with Crippen molar-refractivity contribution in [2.24, 2.45) is 5.14 Å². The number of carboxylic acid groups (broad SMARTS) is 1. The lowest BCUT2D eigenvalue weighted by Gasteiger charge is -2.22. The molecule has 1 aliphatic rings. The second-order valence-corrected chi connectivity index (χ2v) is 12.0. The average Bonchev–Trinajstić information content (AvgIpc) is 3.05. The molecular weight excluding hydrogens is 535 g/mol. The number of aliphatic carboxylic acids is 1. The Morgan fingerprint density at radius 2 is 1.82 bits per heavy atom. The van der Waals surface area contributed by atoms with Crippen LogP contribution in [-0.2, 0) is 27.7 Å². The van der Waals surface area contributed by atoms with Gasteiger partial charge in [-0.25, -0.2) is 17.9 Å². The number of nitrogens with two attached hydrogens (primary N) is 1. The number of aromatic nitrogens is 1. The standard InChI is InChI=1S/C30H33FN2O6S/c1-17(2)29-25(13-11-21(34)14-22(35)15-27(36)37)28(19-6-9-20(31)10-7-19)24-5-3-4-18-8-12-23(40(32,38)39)16-26(18)30(24)33-29/h6-13,16-17,21-22,34-35H,3-5,14-15H2,1-2H3,(H,36,37)(H2,32,38,39)/b13-11+/t21-,22-/m1/s1. The van der Waals surface area contributed by atoms with Gasteiger partial charge in [0, 0.05) is 17.5 Å². The van der Waals surface area contributed by atoms with E-state index in [2.05, 4.69) is 0 Å². The molecule has 0 bridgehead atoms. The van der Waals surface area contributed by atoms with Crippen molar-refractivity contribution in [3.05, 3.63) is 76.7 Å². The Morgan fingerprint density at radius 1 is 1.12 bits per heavy atom. The molecule has 212 valence electrons. The number of aryl methyl sites for hydroxylation is 1. The molecule has 40 heavy (non-hydrogen) atoms. The number of carbonyl (C=O) groups is 1. The van der Waals surface area contributed by atoms with Crippen LogP contribution in [0.1, 0.15) is 61.4 Å². The van der Waals surface area contributed by atoms with E-state index in [9.17, 15) is 27.8 Å². The Morgan fingerprint density at radius 3 is 2.45 bits per heavy atom. The van der Waals surface area contributed by atoms with Gasteiger partial charge >= 0.3 is 5.97 Å². The first-order chi connectivity index (χ1) is 18.8. The smallest absolute Gasteiger partial charge is 0.305 e. The fraction of sp³-hybridized carbons (Fsp3) is 0.333. The molecule has 1 heterocycles. The summed E-state index contributed by atoms with van der Waals surface area (Å²) in [5.41, 5.74) is 6.03. The summed E-state index contributed by atoms with van der Waals surface area (Å²) < 4.78 is 38.3. The second-order valence-electron chi connectivity index (χ2n) is 10.4. The molecule has 2 atom stereocenters. The van der Waals surface area contributed by atoms with Crippen LogP contribution in [0.4, 0.5) is 4.39 Å². The second kappa shape index (κ2) is 12.0. The van der Waals surface area contributed by atoms with Gasteiger partial charge in [-0.3, -0.25) is 9.78 Å². The molecule has 0 amide bonds. The molecule has 0 unspecified atom stereocenters. The summed E-state index contributed by atoms with van der Waals surface area (Å²) in [6.07, 6.45) is 2.31. The maximum atomic E-state index is 13.9. The molecule has 8 nitrogen and oxygen atoms in total. The quantitative estimate of drug-likeness (QED) is 0.298. The highest BCUT2D eigenvalue weighted by atomic mass is 32.2. The van der Waals surface area contributed by atoms with Gasteiger partial charge in [0.25, 0.3) is 0 Å². The summed E-state index contributed by atoms with van der Waals surface area (Å²) >= 11 is 0. The van der Waals surface area contributed by atoms with Gasteiger partial charge < -0.3 is 15.3 Å². The van der Waals surface area contributed by atoms with Crippen LogP contribution in [0, 0.1) is 5.82 Å². The van der Waals surface area contributed by atoms with E-state index in [1.165, 1.54) is 24.3 Å². The topological polar surface area (TPSA) is 151 Å². The number of carboxylic acids is 1. The maximum absolute atomic E-state index is 13.9. The zero-order valence-electron chi connectivity index (χ0n) is 22.3. The van der Waals surface area contributed by atoms with Crippen LogP contribution >= 0.6 is 0 Å². The number of primary sulfonamides is 1. The molecule has 1 aliphatic carbocycles. The third kappa shape index (κ3) is 6.64. The van der Waals surface area contributed by atoms with Crippen LogP contribution in [0.15, 0.2) is 53.4 Å². The highest BCUT2D eigenvalue weighted by Gasteiger charge is 2.26. The zero-order chi connectivity index (χ0) is 29.2. The fourth-order valence-electron chi connectivity index (χ4n) is 5.15. The lowest BCUT2D eigenvalue weighted by atomic mass is 9.86. The number of nitrogens with zero attached hydrogens (tertiary/aromatic N) is 1. The molecule has 0 saturated carbocycles. The molecule has 0 saturated heterocycles. The van der Waals surface area contributed by atoms with Crippen molar-refractivity contribution in [2.75, 3.05) is 0 Å². The number of benzene rings is 2. The molecule has 10 heteroatoms. The Hall–Kier alpha value is -3.44. The zero-order valence-corrected chi connectivity index (χ0v) is 23.2. The summed E-state index contributed by atoms with van der Waals surface area (Å²) in [6, 6.07) is 10.9. The van der Waals surface area contributed by atoms with Crippen molar-refractivity contribution in [3.8, 4) is 22.4 Å². The van der Waals surface area contributed by atoms with E-state index in [0.29, 0.717) is 35.4 Å². The third-order valence-electron chi connectivity index (χ3n) is 6.99.